The van der Waals surface area contributed by atoms with E-state index >= 15 is 0 Å². The molecule has 0 N–H and O–H groups in total. The molecule has 0 radical (unpaired) electrons. The fourth-order valence-corrected chi connectivity index (χ4v) is 6.33. The minimum atomic E-state index is -0.286. The Balaban J connectivity index is 1.53. The Morgan fingerprint density at radius 3 is 2.11 bits per heavy atom. The molecule has 0 saturated heterocycles. The molecule has 0 saturated carbocycles. The Labute approximate surface area is 203 Å². The molecule has 164 valence electrons. The first kappa shape index (κ1) is 19.0. The molecule has 0 aliphatic heterocycles. The van der Waals surface area contributed by atoms with Crippen LogP contribution in [0.25, 0.3) is 54.6 Å². The number of hydrogen-bond donors (Lipinski definition) is 0. The van der Waals surface area contributed by atoms with Gasteiger partial charge in [-0.1, -0.05) is 91.0 Å². The van der Waals surface area contributed by atoms with Crippen LogP contribution in [-0.2, 0) is 5.41 Å². The number of fused-ring (bicyclic) bond motifs is 9. The minimum absolute atomic E-state index is 0.286. The molecule has 0 amide bonds. The Kier molecular flexibility index (Phi) is 3.59. The maximum atomic E-state index is 6.36. The van der Waals surface area contributed by atoms with E-state index in [9.17, 15) is 0 Å². The van der Waals surface area contributed by atoms with Crippen molar-refractivity contribution in [2.24, 2.45) is 0 Å². The third-order valence-electron chi connectivity index (χ3n) is 8.12. The second-order valence-electron chi connectivity index (χ2n) is 9.89. The average molecular weight is 447 g/mol. The summed E-state index contributed by atoms with van der Waals surface area (Å²) < 4.78 is 6.36. The monoisotopic (exact) mass is 446 g/mol. The Morgan fingerprint density at radius 1 is 0.514 bits per heavy atom. The van der Waals surface area contributed by atoms with Gasteiger partial charge in [0, 0.05) is 16.2 Å². The number of para-hydroxylation sites is 1. The Bertz CT molecular complexity index is 1970. The van der Waals surface area contributed by atoms with Crippen molar-refractivity contribution in [3.8, 4) is 11.1 Å². The van der Waals surface area contributed by atoms with Crippen molar-refractivity contribution < 1.29 is 4.42 Å². The van der Waals surface area contributed by atoms with Crippen LogP contribution in [0.15, 0.2) is 120 Å². The molecule has 0 fully saturated rings. The summed E-state index contributed by atoms with van der Waals surface area (Å²) in [5.74, 6) is 0. The molecule has 0 spiro atoms. The second kappa shape index (κ2) is 6.61. The molecular weight excluding hydrogens is 424 g/mol. The lowest BCUT2D eigenvalue weighted by molar-refractivity contribution is 0.663. The summed E-state index contributed by atoms with van der Waals surface area (Å²) in [7, 11) is 0. The highest BCUT2D eigenvalue weighted by Crippen LogP contribution is 2.56. The summed E-state index contributed by atoms with van der Waals surface area (Å²) in [5.41, 5.74) is 8.25. The summed E-state index contributed by atoms with van der Waals surface area (Å²) >= 11 is 0. The van der Waals surface area contributed by atoms with Gasteiger partial charge in [0.05, 0.1) is 0 Å². The lowest BCUT2D eigenvalue weighted by Crippen LogP contribution is -2.22. The van der Waals surface area contributed by atoms with E-state index in [4.69, 9.17) is 4.42 Å². The van der Waals surface area contributed by atoms with Gasteiger partial charge in [0.25, 0.3) is 0 Å². The normalized spacial score (nSPS) is 16.8. The molecule has 1 aliphatic carbocycles. The van der Waals surface area contributed by atoms with Crippen LogP contribution in [0.2, 0.25) is 0 Å². The third-order valence-corrected chi connectivity index (χ3v) is 8.12. The van der Waals surface area contributed by atoms with Gasteiger partial charge in [0.15, 0.2) is 0 Å². The van der Waals surface area contributed by atoms with Crippen LogP contribution >= 0.6 is 0 Å². The highest BCUT2D eigenvalue weighted by atomic mass is 16.3. The first-order chi connectivity index (χ1) is 17.2. The number of benzene rings is 6. The maximum Gasteiger partial charge on any atom is 0.135 e. The van der Waals surface area contributed by atoms with E-state index < -0.39 is 0 Å². The van der Waals surface area contributed by atoms with Gasteiger partial charge in [0.1, 0.15) is 11.2 Å². The molecule has 35 heavy (non-hydrogen) atoms. The van der Waals surface area contributed by atoms with Gasteiger partial charge in [-0.05, 0) is 80.6 Å². The van der Waals surface area contributed by atoms with E-state index in [1.165, 1.54) is 60.1 Å². The molecule has 1 heteroatoms. The van der Waals surface area contributed by atoms with E-state index in [0.717, 1.165) is 11.2 Å². The predicted molar refractivity (Wildman–Crippen MR) is 146 cm³/mol. The Hall–Kier alpha value is -4.36. The fraction of sp³-hybridized carbons (Fsp3) is 0.0588. The topological polar surface area (TPSA) is 13.1 Å². The van der Waals surface area contributed by atoms with Gasteiger partial charge < -0.3 is 4.42 Å². The lowest BCUT2D eigenvalue weighted by atomic mass is 9.73. The molecule has 1 aliphatic rings. The number of hydrogen-bond acceptors (Lipinski definition) is 1. The van der Waals surface area contributed by atoms with E-state index in [0.29, 0.717) is 0 Å². The van der Waals surface area contributed by atoms with Gasteiger partial charge in [-0.15, -0.1) is 0 Å². The van der Waals surface area contributed by atoms with Crippen LogP contribution < -0.4 is 0 Å². The molecule has 1 atom stereocenters. The molecular formula is C34H22O. The summed E-state index contributed by atoms with van der Waals surface area (Å²) in [6.07, 6.45) is 0. The zero-order chi connectivity index (χ0) is 23.1. The highest BCUT2D eigenvalue weighted by molar-refractivity contribution is 6.11. The molecule has 6 aromatic carbocycles. The number of furan rings is 1. The quantitative estimate of drug-likeness (QED) is 0.245. The molecule has 0 bridgehead atoms. The third kappa shape index (κ3) is 2.42. The van der Waals surface area contributed by atoms with Crippen molar-refractivity contribution in [3.63, 3.8) is 0 Å². The maximum absolute atomic E-state index is 6.36. The largest absolute Gasteiger partial charge is 0.456 e. The first-order valence-corrected chi connectivity index (χ1v) is 12.2. The molecule has 7 aromatic rings. The van der Waals surface area contributed by atoms with E-state index in [-0.39, 0.29) is 5.41 Å². The number of rotatable bonds is 1. The van der Waals surface area contributed by atoms with Crippen molar-refractivity contribution in [2.75, 3.05) is 0 Å². The molecule has 8 rings (SSSR count). The SMILES string of the molecule is CC1(c2ccc3ccccc3c2)c2cc3oc4ccccc4c3cc2-c2c1ccc1ccccc21. The molecule has 1 aromatic heterocycles. The van der Waals surface area contributed by atoms with Gasteiger partial charge in [-0.2, -0.15) is 0 Å². The van der Waals surface area contributed by atoms with Crippen molar-refractivity contribution in [2.45, 2.75) is 12.3 Å². The van der Waals surface area contributed by atoms with Crippen molar-refractivity contribution in [1.29, 1.82) is 0 Å². The highest BCUT2D eigenvalue weighted by Gasteiger charge is 2.42. The van der Waals surface area contributed by atoms with Crippen molar-refractivity contribution in [1.82, 2.24) is 0 Å². The minimum Gasteiger partial charge on any atom is -0.456 e. The predicted octanol–water partition coefficient (Wildman–Crippen LogP) is 9.23. The lowest BCUT2D eigenvalue weighted by Gasteiger charge is -2.28. The Morgan fingerprint density at radius 2 is 1.23 bits per heavy atom. The molecule has 1 unspecified atom stereocenters. The summed E-state index contributed by atoms with van der Waals surface area (Å²) in [5, 5.41) is 7.48. The molecule has 1 heterocycles. The summed E-state index contributed by atoms with van der Waals surface area (Å²) in [6.45, 7) is 2.38. The first-order valence-electron chi connectivity index (χ1n) is 12.2. The van der Waals surface area contributed by atoms with Crippen molar-refractivity contribution in [3.05, 3.63) is 132 Å². The summed E-state index contributed by atoms with van der Waals surface area (Å²) in [4.78, 5) is 0. The summed E-state index contributed by atoms with van der Waals surface area (Å²) in [6, 6.07) is 42.0. The van der Waals surface area contributed by atoms with Gasteiger partial charge in [-0.25, -0.2) is 0 Å². The van der Waals surface area contributed by atoms with E-state index in [2.05, 4.69) is 116 Å². The smallest absolute Gasteiger partial charge is 0.135 e. The fourth-order valence-electron chi connectivity index (χ4n) is 6.33. The standard InChI is InChI=1S/C34H22O/c1-34(24-16-14-21-8-2-3-10-23(21)18-24)29-17-15-22-9-4-5-11-25(22)33(29)28-19-27-26-12-6-7-13-31(26)35-32(27)20-30(28)34/h2-20H,1H3. The van der Waals surface area contributed by atoms with Gasteiger partial charge in [-0.3, -0.25) is 0 Å². The van der Waals surface area contributed by atoms with Crippen LogP contribution in [0.4, 0.5) is 0 Å². The van der Waals surface area contributed by atoms with Crippen LogP contribution in [-0.4, -0.2) is 0 Å². The van der Waals surface area contributed by atoms with E-state index in [1.807, 2.05) is 6.07 Å². The van der Waals surface area contributed by atoms with Crippen molar-refractivity contribution >= 4 is 43.5 Å². The second-order valence-corrected chi connectivity index (χ2v) is 9.89. The van der Waals surface area contributed by atoms with Crippen LogP contribution in [0.3, 0.4) is 0 Å². The average Bonchev–Trinajstić information content (AvgIpc) is 3.40. The van der Waals surface area contributed by atoms with Crippen LogP contribution in [0.5, 0.6) is 0 Å². The van der Waals surface area contributed by atoms with Crippen LogP contribution in [0.1, 0.15) is 23.6 Å². The molecule has 1 nitrogen and oxygen atoms in total. The zero-order valence-corrected chi connectivity index (χ0v) is 19.4. The van der Waals surface area contributed by atoms with E-state index in [1.54, 1.807) is 0 Å². The van der Waals surface area contributed by atoms with Gasteiger partial charge in [0.2, 0.25) is 0 Å². The zero-order valence-electron chi connectivity index (χ0n) is 19.4. The van der Waals surface area contributed by atoms with Gasteiger partial charge >= 0.3 is 0 Å². The van der Waals surface area contributed by atoms with Crippen LogP contribution in [0, 0.1) is 0 Å².